The third-order valence-corrected chi connectivity index (χ3v) is 4.04. The molecule has 1 aromatic carbocycles. The summed E-state index contributed by atoms with van der Waals surface area (Å²) < 4.78 is 5.83. The van der Waals surface area contributed by atoms with Crippen molar-refractivity contribution in [1.29, 1.82) is 0 Å². The number of thiophene rings is 1. The highest BCUT2D eigenvalue weighted by Crippen LogP contribution is 2.10. The summed E-state index contributed by atoms with van der Waals surface area (Å²) in [6.07, 6.45) is 1.08. The fourth-order valence-corrected chi connectivity index (χ4v) is 2.70. The summed E-state index contributed by atoms with van der Waals surface area (Å²) in [6.45, 7) is 3.61. The van der Waals surface area contributed by atoms with E-state index in [9.17, 15) is 0 Å². The number of aliphatic imine (C=N–C) groups is 1. The molecule has 0 fully saturated rings. The number of hydrogen-bond donors (Lipinski definition) is 2. The van der Waals surface area contributed by atoms with Gasteiger partial charge in [-0.25, -0.2) is 0 Å². The Morgan fingerprint density at radius 3 is 2.61 bits per heavy atom. The van der Waals surface area contributed by atoms with E-state index in [4.69, 9.17) is 4.74 Å². The Labute approximate surface area is 159 Å². The molecular formula is C17H24IN3OS. The second kappa shape index (κ2) is 11.3. The van der Waals surface area contributed by atoms with Crippen molar-refractivity contribution in [2.45, 2.75) is 19.4 Å². The normalized spacial score (nSPS) is 12.2. The zero-order chi connectivity index (χ0) is 15.6. The molecule has 6 heteroatoms. The van der Waals surface area contributed by atoms with Crippen LogP contribution in [0.15, 0.2) is 52.8 Å². The van der Waals surface area contributed by atoms with E-state index in [0.717, 1.165) is 24.7 Å². The van der Waals surface area contributed by atoms with Crippen molar-refractivity contribution in [2.24, 2.45) is 4.99 Å². The highest BCUT2D eigenvalue weighted by Gasteiger charge is 2.05. The van der Waals surface area contributed by atoms with Crippen molar-refractivity contribution in [2.75, 3.05) is 20.1 Å². The molecule has 0 bridgehead atoms. The Balaban J connectivity index is 0.00000264. The van der Waals surface area contributed by atoms with Crippen molar-refractivity contribution in [1.82, 2.24) is 10.6 Å². The lowest BCUT2D eigenvalue weighted by molar-refractivity contribution is 0.224. The number of ether oxygens (including phenoxy) is 1. The van der Waals surface area contributed by atoms with Gasteiger partial charge < -0.3 is 15.4 Å². The lowest BCUT2D eigenvalue weighted by Gasteiger charge is -2.17. The van der Waals surface area contributed by atoms with Crippen molar-refractivity contribution in [3.8, 4) is 5.75 Å². The maximum atomic E-state index is 5.83. The van der Waals surface area contributed by atoms with Crippen LogP contribution in [-0.4, -0.2) is 32.2 Å². The Morgan fingerprint density at radius 2 is 1.96 bits per heavy atom. The fourth-order valence-electron chi connectivity index (χ4n) is 1.99. The van der Waals surface area contributed by atoms with Crippen LogP contribution in [0.4, 0.5) is 0 Å². The van der Waals surface area contributed by atoms with Gasteiger partial charge in [0, 0.05) is 18.5 Å². The minimum absolute atomic E-state index is 0. The number of para-hydroxylation sites is 1. The van der Waals surface area contributed by atoms with Gasteiger partial charge in [0.25, 0.3) is 0 Å². The quantitative estimate of drug-likeness (QED) is 0.390. The number of hydrogen-bond acceptors (Lipinski definition) is 3. The van der Waals surface area contributed by atoms with E-state index in [1.165, 1.54) is 4.88 Å². The van der Waals surface area contributed by atoms with Gasteiger partial charge in [-0.1, -0.05) is 24.3 Å². The van der Waals surface area contributed by atoms with Gasteiger partial charge >= 0.3 is 0 Å². The van der Waals surface area contributed by atoms with E-state index < -0.39 is 0 Å². The second-order valence-corrected chi connectivity index (χ2v) is 5.98. The first kappa shape index (κ1) is 19.8. The highest BCUT2D eigenvalue weighted by molar-refractivity contribution is 14.0. The molecule has 0 aliphatic heterocycles. The Hall–Kier alpha value is -1.28. The summed E-state index contributed by atoms with van der Waals surface area (Å²) in [6, 6.07) is 14.1. The monoisotopic (exact) mass is 445 g/mol. The average Bonchev–Trinajstić information content (AvgIpc) is 3.05. The predicted octanol–water partition coefficient (Wildman–Crippen LogP) is 3.54. The smallest absolute Gasteiger partial charge is 0.191 e. The molecule has 1 unspecified atom stereocenters. The Bertz CT molecular complexity index is 560. The number of rotatable bonds is 7. The Kier molecular flexibility index (Phi) is 9.70. The van der Waals surface area contributed by atoms with Crippen LogP contribution in [0.2, 0.25) is 0 Å². The molecule has 1 aromatic heterocycles. The molecule has 0 aliphatic carbocycles. The summed E-state index contributed by atoms with van der Waals surface area (Å²) in [5.74, 6) is 1.69. The molecule has 2 rings (SSSR count). The molecule has 23 heavy (non-hydrogen) atoms. The van der Waals surface area contributed by atoms with Gasteiger partial charge in [-0.15, -0.1) is 35.3 Å². The average molecular weight is 445 g/mol. The summed E-state index contributed by atoms with van der Waals surface area (Å²) >= 11 is 1.78. The maximum Gasteiger partial charge on any atom is 0.191 e. The van der Waals surface area contributed by atoms with Crippen LogP contribution in [0, 0.1) is 0 Å². The number of benzene rings is 1. The fraction of sp³-hybridized carbons (Fsp3) is 0.353. The SMILES string of the molecule is CN=C(NCCc1cccs1)NCC(C)Oc1ccccc1.I. The zero-order valence-corrected chi connectivity index (χ0v) is 16.6. The third-order valence-electron chi connectivity index (χ3n) is 3.10. The van der Waals surface area contributed by atoms with E-state index in [1.807, 2.05) is 37.3 Å². The van der Waals surface area contributed by atoms with Crippen LogP contribution in [0.25, 0.3) is 0 Å². The van der Waals surface area contributed by atoms with Crippen molar-refractivity contribution < 1.29 is 4.74 Å². The van der Waals surface area contributed by atoms with E-state index in [0.29, 0.717) is 6.54 Å². The van der Waals surface area contributed by atoms with Gasteiger partial charge in [-0.3, -0.25) is 4.99 Å². The predicted molar refractivity (Wildman–Crippen MR) is 109 cm³/mol. The number of nitrogens with one attached hydrogen (secondary N) is 2. The molecule has 0 amide bonds. The summed E-state index contributed by atoms with van der Waals surface area (Å²) in [5.41, 5.74) is 0. The standard InChI is InChI=1S/C17H23N3OS.HI/c1-14(21-15-7-4-3-5-8-15)13-20-17(18-2)19-11-10-16-9-6-12-22-16;/h3-9,12,14H,10-11,13H2,1-2H3,(H2,18,19,20);1H. The van der Waals surface area contributed by atoms with Crippen molar-refractivity contribution in [3.63, 3.8) is 0 Å². The first-order valence-electron chi connectivity index (χ1n) is 7.46. The van der Waals surface area contributed by atoms with Gasteiger partial charge in [0.1, 0.15) is 11.9 Å². The lowest BCUT2D eigenvalue weighted by Crippen LogP contribution is -2.42. The minimum atomic E-state index is 0. The van der Waals surface area contributed by atoms with E-state index in [2.05, 4.69) is 33.1 Å². The molecule has 0 saturated heterocycles. The molecule has 2 N–H and O–H groups in total. The molecular weight excluding hydrogens is 421 g/mol. The van der Waals surface area contributed by atoms with Gasteiger partial charge in [0.15, 0.2) is 5.96 Å². The molecule has 2 aromatic rings. The maximum absolute atomic E-state index is 5.83. The number of halogens is 1. The molecule has 4 nitrogen and oxygen atoms in total. The molecule has 0 spiro atoms. The van der Waals surface area contributed by atoms with Gasteiger partial charge in [-0.2, -0.15) is 0 Å². The van der Waals surface area contributed by atoms with Crippen LogP contribution in [0.5, 0.6) is 5.75 Å². The Morgan fingerprint density at radius 1 is 1.17 bits per heavy atom. The lowest BCUT2D eigenvalue weighted by atomic mass is 10.3. The first-order valence-corrected chi connectivity index (χ1v) is 8.34. The molecule has 1 atom stereocenters. The first-order chi connectivity index (χ1) is 10.8. The summed E-state index contributed by atoms with van der Waals surface area (Å²) in [7, 11) is 1.78. The number of nitrogens with zero attached hydrogens (tertiary/aromatic N) is 1. The van der Waals surface area contributed by atoms with Crippen molar-refractivity contribution >= 4 is 41.3 Å². The summed E-state index contributed by atoms with van der Waals surface area (Å²) in [5, 5.41) is 8.71. The van der Waals surface area contributed by atoms with Gasteiger partial charge in [-0.05, 0) is 36.9 Å². The van der Waals surface area contributed by atoms with E-state index >= 15 is 0 Å². The zero-order valence-electron chi connectivity index (χ0n) is 13.5. The minimum Gasteiger partial charge on any atom is -0.489 e. The third kappa shape index (κ3) is 7.69. The van der Waals surface area contributed by atoms with Crippen LogP contribution in [-0.2, 0) is 6.42 Å². The highest BCUT2D eigenvalue weighted by atomic mass is 127. The molecule has 1 heterocycles. The molecule has 126 valence electrons. The topological polar surface area (TPSA) is 45.7 Å². The largest absolute Gasteiger partial charge is 0.489 e. The van der Waals surface area contributed by atoms with Crippen LogP contribution >= 0.6 is 35.3 Å². The molecule has 0 saturated carbocycles. The number of guanidine groups is 1. The van der Waals surface area contributed by atoms with Gasteiger partial charge in [0.05, 0.1) is 6.54 Å². The van der Waals surface area contributed by atoms with E-state index in [1.54, 1.807) is 18.4 Å². The molecule has 0 aliphatic rings. The van der Waals surface area contributed by atoms with Crippen LogP contribution in [0.1, 0.15) is 11.8 Å². The summed E-state index contributed by atoms with van der Waals surface area (Å²) in [4.78, 5) is 5.61. The van der Waals surface area contributed by atoms with Crippen LogP contribution < -0.4 is 15.4 Å². The van der Waals surface area contributed by atoms with Crippen LogP contribution in [0.3, 0.4) is 0 Å². The van der Waals surface area contributed by atoms with Gasteiger partial charge in [0.2, 0.25) is 0 Å². The van der Waals surface area contributed by atoms with E-state index in [-0.39, 0.29) is 30.1 Å². The molecule has 0 radical (unpaired) electrons. The van der Waals surface area contributed by atoms with Crippen molar-refractivity contribution in [3.05, 3.63) is 52.7 Å². The second-order valence-electron chi connectivity index (χ2n) is 4.95.